The number of anilines is 2. The monoisotopic (exact) mass is 340 g/mol. The molecule has 0 aliphatic heterocycles. The van der Waals surface area contributed by atoms with Gasteiger partial charge in [-0.2, -0.15) is 0 Å². The first-order valence-electron chi connectivity index (χ1n) is 6.28. The maximum atomic E-state index is 13.0. The molecule has 2 aromatic rings. The van der Waals surface area contributed by atoms with E-state index in [1.54, 1.807) is 32.4 Å². The van der Waals surface area contributed by atoms with Crippen LogP contribution in [0.5, 0.6) is 11.5 Å². The molecule has 0 atom stereocenters. The summed E-state index contributed by atoms with van der Waals surface area (Å²) in [6.45, 7) is 0. The van der Waals surface area contributed by atoms with Crippen LogP contribution in [0.4, 0.5) is 15.8 Å². The minimum atomic E-state index is -0.408. The fourth-order valence-electron chi connectivity index (χ4n) is 1.79. The van der Waals surface area contributed by atoms with Gasteiger partial charge in [-0.05, 0) is 42.5 Å². The fourth-order valence-corrected chi connectivity index (χ4v) is 2.23. The normalized spacial score (nSPS) is 10.0. The van der Waals surface area contributed by atoms with Crippen molar-refractivity contribution in [3.05, 3.63) is 47.2 Å². The molecule has 2 N–H and O–H groups in total. The van der Waals surface area contributed by atoms with Crippen LogP contribution in [0.15, 0.2) is 36.4 Å². The van der Waals surface area contributed by atoms with E-state index in [-0.39, 0.29) is 5.02 Å². The van der Waals surface area contributed by atoms with Crippen molar-refractivity contribution in [3.63, 3.8) is 0 Å². The van der Waals surface area contributed by atoms with Gasteiger partial charge >= 0.3 is 0 Å². The Labute approximate surface area is 138 Å². The lowest BCUT2D eigenvalue weighted by atomic mass is 10.2. The van der Waals surface area contributed by atoms with Crippen molar-refractivity contribution in [1.82, 2.24) is 0 Å². The van der Waals surface area contributed by atoms with Crippen molar-refractivity contribution in [1.29, 1.82) is 0 Å². The zero-order valence-electron chi connectivity index (χ0n) is 11.9. The predicted octanol–water partition coefficient (Wildman–Crippen LogP) is 4.31. The maximum absolute atomic E-state index is 13.0. The molecule has 0 amide bonds. The van der Waals surface area contributed by atoms with Crippen molar-refractivity contribution in [2.24, 2.45) is 0 Å². The highest BCUT2D eigenvalue weighted by Crippen LogP contribution is 2.30. The van der Waals surface area contributed by atoms with E-state index >= 15 is 0 Å². The summed E-state index contributed by atoms with van der Waals surface area (Å²) in [6.07, 6.45) is 0. The van der Waals surface area contributed by atoms with Crippen LogP contribution in [0.2, 0.25) is 5.02 Å². The average molecular weight is 341 g/mol. The number of nitrogens with one attached hydrogen (secondary N) is 2. The van der Waals surface area contributed by atoms with Crippen LogP contribution >= 0.6 is 23.8 Å². The maximum Gasteiger partial charge on any atom is 0.175 e. The molecule has 0 aliphatic rings. The lowest BCUT2D eigenvalue weighted by Gasteiger charge is -2.13. The molecule has 22 heavy (non-hydrogen) atoms. The Morgan fingerprint density at radius 1 is 1.05 bits per heavy atom. The molecule has 0 spiro atoms. The lowest BCUT2D eigenvalue weighted by molar-refractivity contribution is 0.355. The molecule has 116 valence electrons. The van der Waals surface area contributed by atoms with E-state index in [9.17, 15) is 4.39 Å². The molecule has 0 bridgehead atoms. The van der Waals surface area contributed by atoms with Gasteiger partial charge in [-0.15, -0.1) is 0 Å². The molecule has 0 fully saturated rings. The fraction of sp³-hybridized carbons (Fsp3) is 0.133. The summed E-state index contributed by atoms with van der Waals surface area (Å²) in [7, 11) is 3.12. The number of halogens is 2. The number of hydrogen-bond donors (Lipinski definition) is 2. The molecule has 0 radical (unpaired) electrons. The zero-order valence-corrected chi connectivity index (χ0v) is 13.5. The first-order valence-corrected chi connectivity index (χ1v) is 7.07. The third kappa shape index (κ3) is 3.99. The van der Waals surface area contributed by atoms with Crippen molar-refractivity contribution >= 4 is 40.3 Å². The van der Waals surface area contributed by atoms with Crippen LogP contribution in [0, 0.1) is 5.82 Å². The van der Waals surface area contributed by atoms with Crippen LogP contribution in [-0.2, 0) is 0 Å². The summed E-state index contributed by atoms with van der Waals surface area (Å²) in [5.74, 6) is 0.790. The molecule has 4 nitrogen and oxygen atoms in total. The molecular formula is C15H14ClFN2O2S. The van der Waals surface area contributed by atoms with Crippen molar-refractivity contribution < 1.29 is 13.9 Å². The summed E-state index contributed by atoms with van der Waals surface area (Å²) in [6, 6.07) is 9.33. The molecule has 7 heteroatoms. The topological polar surface area (TPSA) is 42.5 Å². The summed E-state index contributed by atoms with van der Waals surface area (Å²) >= 11 is 11.1. The molecular weight excluding hydrogens is 327 g/mol. The molecule has 0 saturated carbocycles. The van der Waals surface area contributed by atoms with Crippen LogP contribution < -0.4 is 20.1 Å². The van der Waals surface area contributed by atoms with Gasteiger partial charge in [0.15, 0.2) is 16.6 Å². The second-order valence-electron chi connectivity index (χ2n) is 4.27. The Bertz CT molecular complexity index is 697. The Balaban J connectivity index is 2.08. The summed E-state index contributed by atoms with van der Waals surface area (Å²) in [4.78, 5) is 0. The highest BCUT2D eigenvalue weighted by Gasteiger charge is 2.07. The average Bonchev–Trinajstić information content (AvgIpc) is 2.50. The van der Waals surface area contributed by atoms with Crippen LogP contribution in [0.1, 0.15) is 0 Å². The smallest absolute Gasteiger partial charge is 0.175 e. The largest absolute Gasteiger partial charge is 0.493 e. The van der Waals surface area contributed by atoms with Crippen LogP contribution in [-0.4, -0.2) is 19.3 Å². The molecule has 0 saturated heterocycles. The number of benzene rings is 2. The highest BCUT2D eigenvalue weighted by atomic mass is 35.5. The van der Waals surface area contributed by atoms with E-state index in [0.29, 0.717) is 28.0 Å². The number of rotatable bonds is 4. The molecule has 0 aromatic heterocycles. The van der Waals surface area contributed by atoms with Gasteiger partial charge in [0.1, 0.15) is 5.82 Å². The van der Waals surface area contributed by atoms with E-state index < -0.39 is 5.82 Å². The van der Waals surface area contributed by atoms with E-state index in [1.807, 2.05) is 0 Å². The van der Waals surface area contributed by atoms with Crippen molar-refractivity contribution in [3.8, 4) is 11.5 Å². The Morgan fingerprint density at radius 3 is 2.41 bits per heavy atom. The summed E-state index contributed by atoms with van der Waals surface area (Å²) in [5, 5.41) is 6.46. The molecule has 2 aromatic carbocycles. The number of thiocarbonyl (C=S) groups is 1. The van der Waals surface area contributed by atoms with Crippen LogP contribution in [0.3, 0.4) is 0 Å². The zero-order chi connectivity index (χ0) is 16.1. The van der Waals surface area contributed by atoms with Gasteiger partial charge in [-0.3, -0.25) is 0 Å². The highest BCUT2D eigenvalue weighted by molar-refractivity contribution is 7.80. The second kappa shape index (κ2) is 7.29. The van der Waals surface area contributed by atoms with Gasteiger partial charge < -0.3 is 20.1 Å². The Hall–Kier alpha value is -2.05. The molecule has 0 heterocycles. The van der Waals surface area contributed by atoms with Gasteiger partial charge in [0.25, 0.3) is 0 Å². The first kappa shape index (κ1) is 16.3. The predicted molar refractivity (Wildman–Crippen MR) is 90.8 cm³/mol. The van der Waals surface area contributed by atoms with Crippen molar-refractivity contribution in [2.45, 2.75) is 0 Å². The van der Waals surface area contributed by atoms with Gasteiger partial charge in [0.05, 0.1) is 24.9 Å². The standard InChI is InChI=1S/C15H14ClFN2O2S/c1-20-13-6-4-10(8-14(13)21-2)18-15(22)19-12-5-3-9(17)7-11(12)16/h3-8H,1-2H3,(H2,18,19,22). The first-order chi connectivity index (χ1) is 10.5. The third-order valence-corrected chi connectivity index (χ3v) is 3.34. The van der Waals surface area contributed by atoms with Gasteiger partial charge in [-0.1, -0.05) is 11.6 Å². The lowest BCUT2D eigenvalue weighted by Crippen LogP contribution is -2.19. The third-order valence-electron chi connectivity index (χ3n) is 2.82. The number of hydrogen-bond acceptors (Lipinski definition) is 3. The van der Waals surface area contributed by atoms with E-state index in [1.165, 1.54) is 18.2 Å². The van der Waals surface area contributed by atoms with Gasteiger partial charge in [-0.25, -0.2) is 4.39 Å². The second-order valence-corrected chi connectivity index (χ2v) is 5.09. The van der Waals surface area contributed by atoms with E-state index in [4.69, 9.17) is 33.3 Å². The SMILES string of the molecule is COc1ccc(NC(=S)Nc2ccc(F)cc2Cl)cc1OC. The van der Waals surface area contributed by atoms with E-state index in [2.05, 4.69) is 10.6 Å². The summed E-state index contributed by atoms with van der Waals surface area (Å²) in [5.41, 5.74) is 1.23. The Morgan fingerprint density at radius 2 is 1.77 bits per heavy atom. The molecule has 0 unspecified atom stereocenters. The summed E-state index contributed by atoms with van der Waals surface area (Å²) < 4.78 is 23.4. The van der Waals surface area contributed by atoms with Gasteiger partial charge in [0.2, 0.25) is 0 Å². The van der Waals surface area contributed by atoms with Crippen molar-refractivity contribution in [2.75, 3.05) is 24.9 Å². The minimum Gasteiger partial charge on any atom is -0.493 e. The van der Waals surface area contributed by atoms with Crippen LogP contribution in [0.25, 0.3) is 0 Å². The number of ether oxygens (including phenoxy) is 2. The minimum absolute atomic E-state index is 0.247. The van der Waals surface area contributed by atoms with E-state index in [0.717, 1.165) is 0 Å². The quantitative estimate of drug-likeness (QED) is 0.812. The molecule has 2 rings (SSSR count). The van der Waals surface area contributed by atoms with Gasteiger partial charge in [0, 0.05) is 11.8 Å². The Kier molecular flexibility index (Phi) is 5.41. The molecule has 0 aliphatic carbocycles. The number of methoxy groups -OCH3 is 2.